The molecule has 0 aromatic heterocycles. The second-order valence-corrected chi connectivity index (χ2v) is 3.33. The van der Waals surface area contributed by atoms with Gasteiger partial charge in [-0.15, -0.1) is 0 Å². The summed E-state index contributed by atoms with van der Waals surface area (Å²) in [7, 11) is -3.59. The van der Waals surface area contributed by atoms with Gasteiger partial charge in [0.15, 0.2) is 0 Å². The summed E-state index contributed by atoms with van der Waals surface area (Å²) in [6, 6.07) is 0. The molecule has 0 heterocycles. The molecular formula is C3H10O4P+. The van der Waals surface area contributed by atoms with Crippen molar-refractivity contribution >= 4 is 7.94 Å². The second kappa shape index (κ2) is 3.33. The van der Waals surface area contributed by atoms with E-state index < -0.39 is 7.94 Å². The molecule has 0 aromatic rings. The SMILES string of the molecule is OCCC[P+](O)(O)O. The van der Waals surface area contributed by atoms with Crippen molar-refractivity contribution in [2.24, 2.45) is 0 Å². The lowest BCUT2D eigenvalue weighted by Crippen LogP contribution is -1.96. The third-order valence-electron chi connectivity index (χ3n) is 0.616. The van der Waals surface area contributed by atoms with E-state index in [9.17, 15) is 0 Å². The number of hydrogen-bond acceptors (Lipinski definition) is 4. The van der Waals surface area contributed by atoms with Crippen LogP contribution in [0.3, 0.4) is 0 Å². The second-order valence-electron chi connectivity index (χ2n) is 1.49. The number of hydrogen-bond donors (Lipinski definition) is 4. The predicted octanol–water partition coefficient (Wildman–Crippen LogP) is -0.892. The van der Waals surface area contributed by atoms with Crippen LogP contribution in [0.15, 0.2) is 0 Å². The van der Waals surface area contributed by atoms with Crippen LogP contribution in [0.25, 0.3) is 0 Å². The summed E-state index contributed by atoms with van der Waals surface area (Å²) < 4.78 is 0. The van der Waals surface area contributed by atoms with Gasteiger partial charge in [-0.2, -0.15) is 14.7 Å². The van der Waals surface area contributed by atoms with Crippen molar-refractivity contribution in [3.8, 4) is 0 Å². The molecule has 0 rings (SSSR count). The Balaban J connectivity index is 3.11. The molecule has 0 aliphatic rings. The van der Waals surface area contributed by atoms with Crippen LogP contribution in [0.2, 0.25) is 0 Å². The maximum Gasteiger partial charge on any atom is 0.403 e. The van der Waals surface area contributed by atoms with Crippen LogP contribution in [0.5, 0.6) is 0 Å². The van der Waals surface area contributed by atoms with E-state index in [4.69, 9.17) is 19.8 Å². The molecule has 50 valence electrons. The lowest BCUT2D eigenvalue weighted by atomic mass is 10.5. The standard InChI is InChI=1S/C3H10O4P/c4-2-1-3-8(5,6)7/h4-7H,1-3H2/q+1. The van der Waals surface area contributed by atoms with Crippen LogP contribution in [0, 0.1) is 0 Å². The Morgan fingerprint density at radius 2 is 1.62 bits per heavy atom. The van der Waals surface area contributed by atoms with Gasteiger partial charge in [0.1, 0.15) is 6.16 Å². The highest BCUT2D eigenvalue weighted by Crippen LogP contribution is 2.44. The highest BCUT2D eigenvalue weighted by Gasteiger charge is 2.27. The van der Waals surface area contributed by atoms with Gasteiger partial charge >= 0.3 is 7.94 Å². The minimum atomic E-state index is -3.59. The lowest BCUT2D eigenvalue weighted by Gasteiger charge is -1.99. The lowest BCUT2D eigenvalue weighted by molar-refractivity contribution is 0.281. The summed E-state index contributed by atoms with van der Waals surface area (Å²) in [5, 5.41) is 8.11. The van der Waals surface area contributed by atoms with E-state index in [0.717, 1.165) is 0 Å². The molecule has 0 unspecified atom stereocenters. The maximum absolute atomic E-state index is 8.26. The highest BCUT2D eigenvalue weighted by molar-refractivity contribution is 7.58. The third kappa shape index (κ3) is 6.27. The van der Waals surface area contributed by atoms with Crippen molar-refractivity contribution in [3.05, 3.63) is 0 Å². The first-order chi connectivity index (χ1) is 3.56. The van der Waals surface area contributed by atoms with Crippen molar-refractivity contribution in [1.82, 2.24) is 0 Å². The predicted molar refractivity (Wildman–Crippen MR) is 30.1 cm³/mol. The number of aliphatic hydroxyl groups excluding tert-OH is 1. The fraction of sp³-hybridized carbons (Fsp3) is 1.00. The molecule has 0 radical (unpaired) electrons. The first kappa shape index (κ1) is 8.27. The van der Waals surface area contributed by atoms with Crippen LogP contribution in [0.4, 0.5) is 0 Å². The fourth-order valence-corrected chi connectivity index (χ4v) is 0.849. The largest absolute Gasteiger partial charge is 0.403 e. The Hall–Kier alpha value is 0.270. The van der Waals surface area contributed by atoms with E-state index >= 15 is 0 Å². The number of aliphatic hydroxyl groups is 1. The van der Waals surface area contributed by atoms with Gasteiger partial charge in [0.25, 0.3) is 0 Å². The van der Waals surface area contributed by atoms with Crippen LogP contribution in [0.1, 0.15) is 6.42 Å². The average Bonchev–Trinajstić information content (AvgIpc) is 1.59. The Bertz CT molecular complexity index is 58.8. The van der Waals surface area contributed by atoms with E-state index in [2.05, 4.69) is 0 Å². The molecule has 0 saturated carbocycles. The van der Waals surface area contributed by atoms with E-state index in [1.54, 1.807) is 0 Å². The van der Waals surface area contributed by atoms with Gasteiger partial charge in [0.05, 0.1) is 0 Å². The van der Waals surface area contributed by atoms with Crippen molar-refractivity contribution in [3.63, 3.8) is 0 Å². The van der Waals surface area contributed by atoms with E-state index in [0.29, 0.717) is 0 Å². The van der Waals surface area contributed by atoms with Gasteiger partial charge in [-0.05, 0) is 0 Å². The summed E-state index contributed by atoms with van der Waals surface area (Å²) in [5.74, 6) is 0. The zero-order valence-electron chi connectivity index (χ0n) is 4.36. The molecule has 0 aliphatic carbocycles. The quantitative estimate of drug-likeness (QED) is 0.384. The van der Waals surface area contributed by atoms with E-state index in [1.807, 2.05) is 0 Å². The Kier molecular flexibility index (Phi) is 3.44. The van der Waals surface area contributed by atoms with Crippen LogP contribution >= 0.6 is 7.94 Å². The van der Waals surface area contributed by atoms with Gasteiger partial charge in [0, 0.05) is 13.0 Å². The van der Waals surface area contributed by atoms with Crippen LogP contribution in [-0.4, -0.2) is 32.6 Å². The van der Waals surface area contributed by atoms with E-state index in [-0.39, 0.29) is 19.2 Å². The zero-order valence-corrected chi connectivity index (χ0v) is 5.25. The summed E-state index contributed by atoms with van der Waals surface area (Å²) in [6.45, 7) is -0.122. The summed E-state index contributed by atoms with van der Waals surface area (Å²) in [6.07, 6.45) is 0.126. The molecule has 8 heavy (non-hydrogen) atoms. The molecule has 4 N–H and O–H groups in total. The normalized spacial score (nSPS) is 12.0. The Morgan fingerprint density at radius 3 is 1.75 bits per heavy atom. The summed E-state index contributed by atoms with van der Waals surface area (Å²) in [4.78, 5) is 24.8. The molecule has 0 saturated heterocycles. The van der Waals surface area contributed by atoms with Crippen molar-refractivity contribution in [2.75, 3.05) is 12.8 Å². The highest BCUT2D eigenvalue weighted by atomic mass is 31.2. The van der Waals surface area contributed by atoms with E-state index in [1.165, 1.54) is 0 Å². The molecule has 0 amide bonds. The minimum absolute atomic E-state index is 0.108. The molecule has 0 aliphatic heterocycles. The molecule has 0 fully saturated rings. The Morgan fingerprint density at radius 1 is 1.12 bits per heavy atom. The summed E-state index contributed by atoms with van der Waals surface area (Å²) >= 11 is 0. The Labute approximate surface area is 48.0 Å². The average molecular weight is 141 g/mol. The van der Waals surface area contributed by atoms with Crippen molar-refractivity contribution in [2.45, 2.75) is 6.42 Å². The molecule has 0 spiro atoms. The molecule has 0 atom stereocenters. The molecule has 0 bridgehead atoms. The van der Waals surface area contributed by atoms with Gasteiger partial charge in [0.2, 0.25) is 0 Å². The first-order valence-corrected chi connectivity index (χ1v) is 4.06. The number of rotatable bonds is 3. The topological polar surface area (TPSA) is 80.9 Å². The van der Waals surface area contributed by atoms with Crippen LogP contribution in [-0.2, 0) is 0 Å². The van der Waals surface area contributed by atoms with Crippen molar-refractivity contribution in [1.29, 1.82) is 0 Å². The maximum atomic E-state index is 8.26. The molecule has 0 aromatic carbocycles. The van der Waals surface area contributed by atoms with Gasteiger partial charge < -0.3 is 5.11 Å². The fourth-order valence-electron chi connectivity index (χ4n) is 0.283. The van der Waals surface area contributed by atoms with Gasteiger partial charge in [-0.1, -0.05) is 0 Å². The van der Waals surface area contributed by atoms with Crippen LogP contribution < -0.4 is 0 Å². The summed E-state index contributed by atoms with van der Waals surface area (Å²) in [5.41, 5.74) is 0. The monoisotopic (exact) mass is 141 g/mol. The van der Waals surface area contributed by atoms with Gasteiger partial charge in [-0.25, -0.2) is 0 Å². The molecular weight excluding hydrogens is 131 g/mol. The minimum Gasteiger partial charge on any atom is -0.396 e. The zero-order chi connectivity index (χ0) is 6.62. The molecule has 5 heteroatoms. The van der Waals surface area contributed by atoms with Gasteiger partial charge in [-0.3, -0.25) is 0 Å². The van der Waals surface area contributed by atoms with Crippen molar-refractivity contribution < 1.29 is 19.8 Å². The smallest absolute Gasteiger partial charge is 0.396 e. The first-order valence-electron chi connectivity index (χ1n) is 2.23. The molecule has 4 nitrogen and oxygen atoms in total. The third-order valence-corrected chi connectivity index (χ3v) is 1.53.